The molecule has 3 aromatic rings. The molecule has 1 saturated heterocycles. The maximum Gasteiger partial charge on any atom is 0.237 e. The van der Waals surface area contributed by atoms with Gasteiger partial charge in [0.05, 0.1) is 25.6 Å². The predicted molar refractivity (Wildman–Crippen MR) is 127 cm³/mol. The number of nitrogens with zero attached hydrogens (tertiary/aromatic N) is 2. The van der Waals surface area contributed by atoms with E-state index in [2.05, 4.69) is 27.3 Å². The number of fused-ring (bicyclic) bond motifs is 3. The summed E-state index contributed by atoms with van der Waals surface area (Å²) < 4.78 is 5.77. The molecule has 0 bridgehead atoms. The fourth-order valence-corrected chi connectivity index (χ4v) is 5.02. The number of H-pyrrole nitrogens is 1. The highest BCUT2D eigenvalue weighted by molar-refractivity contribution is 5.89. The van der Waals surface area contributed by atoms with Crippen molar-refractivity contribution in [2.24, 2.45) is 0 Å². The molecule has 0 aliphatic carbocycles. The zero-order valence-electron chi connectivity index (χ0n) is 19.0. The Morgan fingerprint density at radius 1 is 1.12 bits per heavy atom. The number of aromatic amines is 1. The molecule has 1 aromatic heterocycles. The van der Waals surface area contributed by atoms with Crippen LogP contribution in [-0.4, -0.2) is 58.9 Å². The zero-order valence-corrected chi connectivity index (χ0v) is 19.0. The third-order valence-corrected chi connectivity index (χ3v) is 6.69. The number of para-hydroxylation sites is 2. The van der Waals surface area contributed by atoms with E-state index in [1.54, 1.807) is 0 Å². The Morgan fingerprint density at radius 2 is 1.94 bits per heavy atom. The van der Waals surface area contributed by atoms with Crippen molar-refractivity contribution < 1.29 is 14.3 Å². The summed E-state index contributed by atoms with van der Waals surface area (Å²) in [4.78, 5) is 33.5. The molecule has 1 unspecified atom stereocenters. The molecule has 1 fully saturated rings. The number of amides is 2. The molecule has 3 heterocycles. The number of rotatable bonds is 6. The van der Waals surface area contributed by atoms with E-state index in [4.69, 9.17) is 4.74 Å². The quantitative estimate of drug-likeness (QED) is 0.611. The Labute approximate surface area is 193 Å². The topological polar surface area (TPSA) is 77.7 Å². The Balaban J connectivity index is 1.30. The van der Waals surface area contributed by atoms with Crippen molar-refractivity contribution in [2.75, 3.05) is 26.2 Å². The van der Waals surface area contributed by atoms with E-state index in [1.807, 2.05) is 48.2 Å². The van der Waals surface area contributed by atoms with Gasteiger partial charge >= 0.3 is 0 Å². The SMILES string of the molecule is CCOc1ccccc1CN1CCNC(=O)C1CC(=O)N1CCc2c([nH]c3ccccc23)C1. The zero-order chi connectivity index (χ0) is 22.8. The summed E-state index contributed by atoms with van der Waals surface area (Å²) in [6.07, 6.45) is 1.01. The summed E-state index contributed by atoms with van der Waals surface area (Å²) in [6, 6.07) is 15.7. The monoisotopic (exact) mass is 446 g/mol. The second-order valence-corrected chi connectivity index (χ2v) is 8.72. The van der Waals surface area contributed by atoms with Crippen LogP contribution in [0.1, 0.15) is 30.2 Å². The van der Waals surface area contributed by atoms with Gasteiger partial charge in [-0.2, -0.15) is 0 Å². The molecule has 0 spiro atoms. The first-order chi connectivity index (χ1) is 16.1. The molecule has 172 valence electrons. The predicted octanol–water partition coefficient (Wildman–Crippen LogP) is 2.84. The number of hydrogen-bond acceptors (Lipinski definition) is 4. The van der Waals surface area contributed by atoms with Gasteiger partial charge in [0.2, 0.25) is 11.8 Å². The van der Waals surface area contributed by atoms with Crippen LogP contribution in [0.5, 0.6) is 5.75 Å². The second-order valence-electron chi connectivity index (χ2n) is 8.72. The van der Waals surface area contributed by atoms with E-state index < -0.39 is 6.04 Å². The summed E-state index contributed by atoms with van der Waals surface area (Å²) in [5, 5.41) is 4.18. The molecule has 33 heavy (non-hydrogen) atoms. The van der Waals surface area contributed by atoms with Crippen molar-refractivity contribution in [1.82, 2.24) is 20.1 Å². The first kappa shape index (κ1) is 21.5. The number of carbonyl (C=O) groups excluding carboxylic acids is 2. The van der Waals surface area contributed by atoms with Gasteiger partial charge in [-0.05, 0) is 31.0 Å². The van der Waals surface area contributed by atoms with Crippen molar-refractivity contribution in [1.29, 1.82) is 0 Å². The van der Waals surface area contributed by atoms with Crippen molar-refractivity contribution in [3.8, 4) is 5.75 Å². The third kappa shape index (κ3) is 4.33. The molecule has 2 aliphatic rings. The second kappa shape index (κ2) is 9.27. The van der Waals surface area contributed by atoms with Crippen LogP contribution in [0.4, 0.5) is 0 Å². The minimum absolute atomic E-state index is 0.0180. The van der Waals surface area contributed by atoms with Gasteiger partial charge in [-0.1, -0.05) is 36.4 Å². The van der Waals surface area contributed by atoms with Crippen LogP contribution in [0.15, 0.2) is 48.5 Å². The van der Waals surface area contributed by atoms with Crippen LogP contribution in [-0.2, 0) is 29.1 Å². The third-order valence-electron chi connectivity index (χ3n) is 6.69. The lowest BCUT2D eigenvalue weighted by atomic mass is 10.0. The first-order valence-electron chi connectivity index (χ1n) is 11.7. The maximum absolute atomic E-state index is 13.3. The molecule has 2 N–H and O–H groups in total. The molecule has 2 amide bonds. The van der Waals surface area contributed by atoms with Gasteiger partial charge in [-0.15, -0.1) is 0 Å². The van der Waals surface area contributed by atoms with Crippen LogP contribution in [0.2, 0.25) is 0 Å². The molecule has 0 saturated carbocycles. The van der Waals surface area contributed by atoms with Crippen molar-refractivity contribution in [2.45, 2.75) is 38.9 Å². The molecular formula is C26H30N4O3. The smallest absolute Gasteiger partial charge is 0.237 e. The Kier molecular flexibility index (Phi) is 6.05. The summed E-state index contributed by atoms with van der Waals surface area (Å²) in [6.45, 7) is 5.65. The standard InChI is InChI=1S/C26H30N4O3/c1-2-33-24-10-6-3-7-18(24)16-29-14-12-27-26(32)23(29)15-25(31)30-13-11-20-19-8-4-5-9-21(19)28-22(20)17-30/h3-10,23,28H,2,11-17H2,1H3,(H,27,32). The van der Waals surface area contributed by atoms with Crippen LogP contribution >= 0.6 is 0 Å². The lowest BCUT2D eigenvalue weighted by Gasteiger charge is -2.36. The average Bonchev–Trinajstić information content (AvgIpc) is 3.20. The summed E-state index contributed by atoms with van der Waals surface area (Å²) in [5.74, 6) is 0.773. The van der Waals surface area contributed by atoms with E-state index in [0.717, 1.165) is 28.9 Å². The molecule has 1 atom stereocenters. The van der Waals surface area contributed by atoms with Crippen LogP contribution in [0.3, 0.4) is 0 Å². The molecule has 7 nitrogen and oxygen atoms in total. The largest absolute Gasteiger partial charge is 0.494 e. The minimum Gasteiger partial charge on any atom is -0.494 e. The summed E-state index contributed by atoms with van der Waals surface area (Å²) in [5.41, 5.74) is 4.56. The number of nitrogens with one attached hydrogen (secondary N) is 2. The van der Waals surface area contributed by atoms with E-state index in [1.165, 1.54) is 10.9 Å². The van der Waals surface area contributed by atoms with Gasteiger partial charge < -0.3 is 19.9 Å². The molecule has 7 heteroatoms. The number of ether oxygens (including phenoxy) is 1. The van der Waals surface area contributed by atoms with Gasteiger partial charge in [-0.25, -0.2) is 0 Å². The van der Waals surface area contributed by atoms with Crippen molar-refractivity contribution >= 4 is 22.7 Å². The van der Waals surface area contributed by atoms with E-state index in [0.29, 0.717) is 39.3 Å². The number of aromatic nitrogens is 1. The Hall–Kier alpha value is -3.32. The van der Waals surface area contributed by atoms with E-state index in [9.17, 15) is 9.59 Å². The van der Waals surface area contributed by atoms with Gasteiger partial charge in [0, 0.05) is 48.3 Å². The molecular weight excluding hydrogens is 416 g/mol. The highest BCUT2D eigenvalue weighted by Gasteiger charge is 2.34. The number of hydrogen-bond donors (Lipinski definition) is 2. The van der Waals surface area contributed by atoms with E-state index >= 15 is 0 Å². The lowest BCUT2D eigenvalue weighted by Crippen LogP contribution is -2.56. The average molecular weight is 447 g/mol. The number of benzene rings is 2. The number of carbonyl (C=O) groups is 2. The highest BCUT2D eigenvalue weighted by atomic mass is 16.5. The van der Waals surface area contributed by atoms with Gasteiger partial charge in [0.1, 0.15) is 5.75 Å². The Morgan fingerprint density at radius 3 is 2.82 bits per heavy atom. The number of piperazine rings is 1. The van der Waals surface area contributed by atoms with Gasteiger partial charge in [0.25, 0.3) is 0 Å². The van der Waals surface area contributed by atoms with Crippen LogP contribution in [0, 0.1) is 0 Å². The maximum atomic E-state index is 13.3. The lowest BCUT2D eigenvalue weighted by molar-refractivity contribution is -0.139. The fraction of sp³-hybridized carbons (Fsp3) is 0.385. The fourth-order valence-electron chi connectivity index (χ4n) is 5.02. The van der Waals surface area contributed by atoms with Crippen LogP contribution in [0.25, 0.3) is 10.9 Å². The first-order valence-corrected chi connectivity index (χ1v) is 11.7. The van der Waals surface area contributed by atoms with Crippen LogP contribution < -0.4 is 10.1 Å². The molecule has 2 aliphatic heterocycles. The summed E-state index contributed by atoms with van der Waals surface area (Å²) >= 11 is 0. The highest BCUT2D eigenvalue weighted by Crippen LogP contribution is 2.28. The molecule has 0 radical (unpaired) electrons. The summed E-state index contributed by atoms with van der Waals surface area (Å²) in [7, 11) is 0. The van der Waals surface area contributed by atoms with Gasteiger partial charge in [0.15, 0.2) is 0 Å². The van der Waals surface area contributed by atoms with Gasteiger partial charge in [-0.3, -0.25) is 14.5 Å². The van der Waals surface area contributed by atoms with E-state index in [-0.39, 0.29) is 18.2 Å². The molecule has 2 aromatic carbocycles. The Bertz CT molecular complexity index is 1170. The van der Waals surface area contributed by atoms with Crippen molar-refractivity contribution in [3.05, 3.63) is 65.4 Å². The minimum atomic E-state index is -0.481. The normalized spacial score (nSPS) is 18.8. The molecule has 5 rings (SSSR count). The van der Waals surface area contributed by atoms with Crippen molar-refractivity contribution in [3.63, 3.8) is 0 Å².